The average molecular weight is 246 g/mol. The van der Waals surface area contributed by atoms with Gasteiger partial charge in [-0.3, -0.25) is 0 Å². The van der Waals surface area contributed by atoms with Crippen LogP contribution in [0, 0.1) is 18.3 Å². The normalized spacial score (nSPS) is 9.71. The van der Waals surface area contributed by atoms with Crippen molar-refractivity contribution in [1.29, 1.82) is 5.26 Å². The maximum atomic E-state index is 8.81. The summed E-state index contributed by atoms with van der Waals surface area (Å²) >= 11 is 5.73. The van der Waals surface area contributed by atoms with E-state index in [2.05, 4.69) is 16.0 Å². The number of ether oxygens (including phenoxy) is 1. The number of nitrogens with zero attached hydrogens (tertiary/aromatic N) is 3. The molecule has 0 unspecified atom stereocenters. The molecule has 2 rings (SSSR count). The molecule has 1 heterocycles. The molecule has 0 aliphatic heterocycles. The van der Waals surface area contributed by atoms with Gasteiger partial charge in [0.25, 0.3) is 0 Å². The van der Waals surface area contributed by atoms with Gasteiger partial charge in [0.15, 0.2) is 0 Å². The van der Waals surface area contributed by atoms with Crippen molar-refractivity contribution in [3.8, 4) is 17.7 Å². The van der Waals surface area contributed by atoms with E-state index >= 15 is 0 Å². The Morgan fingerprint density at radius 1 is 1.29 bits per heavy atom. The van der Waals surface area contributed by atoms with Crippen LogP contribution in [0.15, 0.2) is 30.6 Å². The van der Waals surface area contributed by atoms with E-state index in [1.54, 1.807) is 12.1 Å². The molecule has 1 aromatic carbocycles. The van der Waals surface area contributed by atoms with Gasteiger partial charge in [-0.2, -0.15) is 5.26 Å². The highest BCUT2D eigenvalue weighted by atomic mass is 35.5. The fraction of sp³-hybridized carbons (Fsp3) is 0.0833. The van der Waals surface area contributed by atoms with E-state index in [4.69, 9.17) is 21.6 Å². The minimum absolute atomic E-state index is 0.309. The van der Waals surface area contributed by atoms with Gasteiger partial charge in [0, 0.05) is 6.07 Å². The van der Waals surface area contributed by atoms with E-state index in [0.29, 0.717) is 22.3 Å². The van der Waals surface area contributed by atoms with Gasteiger partial charge in [-0.25, -0.2) is 9.97 Å². The highest BCUT2D eigenvalue weighted by molar-refractivity contribution is 6.29. The Labute approximate surface area is 103 Å². The van der Waals surface area contributed by atoms with Crippen LogP contribution in [-0.2, 0) is 0 Å². The van der Waals surface area contributed by atoms with E-state index in [-0.39, 0.29) is 0 Å². The topological polar surface area (TPSA) is 58.8 Å². The van der Waals surface area contributed by atoms with Gasteiger partial charge in [0.1, 0.15) is 17.2 Å². The number of hydrogen-bond donors (Lipinski definition) is 0. The van der Waals surface area contributed by atoms with Crippen molar-refractivity contribution in [3.63, 3.8) is 0 Å². The summed E-state index contributed by atoms with van der Waals surface area (Å²) in [5.41, 5.74) is 1.45. The Morgan fingerprint density at radius 2 is 2.12 bits per heavy atom. The minimum atomic E-state index is 0.309. The number of nitriles is 1. The van der Waals surface area contributed by atoms with Crippen molar-refractivity contribution in [2.24, 2.45) is 0 Å². The van der Waals surface area contributed by atoms with Crippen molar-refractivity contribution in [2.45, 2.75) is 6.92 Å². The van der Waals surface area contributed by atoms with Gasteiger partial charge in [-0.1, -0.05) is 17.7 Å². The lowest BCUT2D eigenvalue weighted by atomic mass is 10.1. The Morgan fingerprint density at radius 3 is 2.82 bits per heavy atom. The lowest BCUT2D eigenvalue weighted by molar-refractivity contribution is 0.458. The monoisotopic (exact) mass is 245 g/mol. The third kappa shape index (κ3) is 2.71. The van der Waals surface area contributed by atoms with Gasteiger partial charge < -0.3 is 4.74 Å². The molecule has 0 N–H and O–H groups in total. The van der Waals surface area contributed by atoms with Crippen molar-refractivity contribution in [1.82, 2.24) is 9.97 Å². The standard InChI is InChI=1S/C12H8ClN3O/c1-8-2-3-9(6-14)4-10(8)17-12-5-11(13)15-7-16-12/h2-5,7H,1H3. The predicted octanol–water partition coefficient (Wildman–Crippen LogP) is 3.10. The average Bonchev–Trinajstić information content (AvgIpc) is 2.32. The summed E-state index contributed by atoms with van der Waals surface area (Å²) in [4.78, 5) is 7.69. The molecule has 0 saturated carbocycles. The third-order valence-corrected chi connectivity index (χ3v) is 2.35. The maximum Gasteiger partial charge on any atom is 0.223 e. The van der Waals surface area contributed by atoms with Crippen LogP contribution in [0.1, 0.15) is 11.1 Å². The van der Waals surface area contributed by atoms with Crippen molar-refractivity contribution < 1.29 is 4.74 Å². The maximum absolute atomic E-state index is 8.81. The summed E-state index contributed by atoms with van der Waals surface area (Å²) in [6.07, 6.45) is 1.32. The number of aryl methyl sites for hydroxylation is 1. The summed E-state index contributed by atoms with van der Waals surface area (Å²) in [7, 11) is 0. The van der Waals surface area contributed by atoms with Gasteiger partial charge in [0.05, 0.1) is 11.6 Å². The Hall–Kier alpha value is -2.12. The van der Waals surface area contributed by atoms with Crippen LogP contribution in [0.4, 0.5) is 0 Å². The molecule has 1 aromatic heterocycles. The largest absolute Gasteiger partial charge is 0.439 e. The van der Waals surface area contributed by atoms with Crippen molar-refractivity contribution >= 4 is 11.6 Å². The Kier molecular flexibility index (Phi) is 3.22. The number of hydrogen-bond acceptors (Lipinski definition) is 4. The van der Waals surface area contributed by atoms with Crippen LogP contribution in [0.25, 0.3) is 0 Å². The second-order valence-corrected chi connectivity index (χ2v) is 3.76. The number of halogens is 1. The molecule has 0 saturated heterocycles. The van der Waals surface area contributed by atoms with E-state index in [0.717, 1.165) is 5.56 Å². The van der Waals surface area contributed by atoms with Crippen LogP contribution in [0.3, 0.4) is 0 Å². The van der Waals surface area contributed by atoms with Crippen molar-refractivity contribution in [3.05, 3.63) is 46.9 Å². The van der Waals surface area contributed by atoms with Gasteiger partial charge in [-0.05, 0) is 24.6 Å². The van der Waals surface area contributed by atoms with E-state index in [9.17, 15) is 0 Å². The molecule has 0 aliphatic carbocycles. The van der Waals surface area contributed by atoms with Crippen LogP contribution in [0.2, 0.25) is 5.15 Å². The molecule has 0 aliphatic rings. The molecule has 0 bridgehead atoms. The SMILES string of the molecule is Cc1ccc(C#N)cc1Oc1cc(Cl)ncn1. The zero-order chi connectivity index (χ0) is 12.3. The summed E-state index contributed by atoms with van der Waals surface area (Å²) < 4.78 is 5.55. The third-order valence-electron chi connectivity index (χ3n) is 2.14. The smallest absolute Gasteiger partial charge is 0.223 e. The molecule has 2 aromatic rings. The van der Waals surface area contributed by atoms with Crippen LogP contribution in [-0.4, -0.2) is 9.97 Å². The fourth-order valence-electron chi connectivity index (χ4n) is 1.27. The molecule has 0 atom stereocenters. The van der Waals surface area contributed by atoms with Crippen LogP contribution < -0.4 is 4.74 Å². The Balaban J connectivity index is 2.33. The minimum Gasteiger partial charge on any atom is -0.439 e. The quantitative estimate of drug-likeness (QED) is 0.763. The summed E-state index contributed by atoms with van der Waals surface area (Å²) in [6, 6.07) is 8.77. The predicted molar refractivity (Wildman–Crippen MR) is 63.0 cm³/mol. The lowest BCUT2D eigenvalue weighted by Gasteiger charge is -2.07. The molecule has 0 amide bonds. The van der Waals surface area contributed by atoms with Gasteiger partial charge in [0.2, 0.25) is 5.88 Å². The second kappa shape index (κ2) is 4.81. The van der Waals surface area contributed by atoms with Crippen LogP contribution in [0.5, 0.6) is 11.6 Å². The second-order valence-electron chi connectivity index (χ2n) is 3.37. The summed E-state index contributed by atoms with van der Waals surface area (Å²) in [5.74, 6) is 0.932. The zero-order valence-electron chi connectivity index (χ0n) is 9.01. The first kappa shape index (κ1) is 11.4. The van der Waals surface area contributed by atoms with E-state index in [1.807, 2.05) is 13.0 Å². The molecule has 17 heavy (non-hydrogen) atoms. The number of aromatic nitrogens is 2. The van der Waals surface area contributed by atoms with Gasteiger partial charge in [-0.15, -0.1) is 0 Å². The van der Waals surface area contributed by atoms with E-state index < -0.39 is 0 Å². The molecule has 0 spiro atoms. The first-order valence-electron chi connectivity index (χ1n) is 4.85. The molecule has 4 nitrogen and oxygen atoms in total. The molecular formula is C12H8ClN3O. The summed E-state index contributed by atoms with van der Waals surface area (Å²) in [5, 5.41) is 9.12. The molecule has 84 valence electrons. The highest BCUT2D eigenvalue weighted by Crippen LogP contribution is 2.25. The van der Waals surface area contributed by atoms with Crippen LogP contribution >= 0.6 is 11.6 Å². The fourth-order valence-corrected chi connectivity index (χ4v) is 1.40. The lowest BCUT2D eigenvalue weighted by Crippen LogP contribution is -1.92. The first-order valence-corrected chi connectivity index (χ1v) is 5.23. The summed E-state index contributed by atoms with van der Waals surface area (Å²) in [6.45, 7) is 1.89. The molecule has 5 heteroatoms. The highest BCUT2D eigenvalue weighted by Gasteiger charge is 2.04. The van der Waals surface area contributed by atoms with E-state index in [1.165, 1.54) is 12.4 Å². The number of benzene rings is 1. The van der Waals surface area contributed by atoms with Gasteiger partial charge >= 0.3 is 0 Å². The Bertz CT molecular complexity index is 593. The molecule has 0 fully saturated rings. The molecule has 0 radical (unpaired) electrons. The first-order chi connectivity index (χ1) is 8.19. The molecular weight excluding hydrogens is 238 g/mol. The zero-order valence-corrected chi connectivity index (χ0v) is 9.77. The number of rotatable bonds is 2. The van der Waals surface area contributed by atoms with Crippen molar-refractivity contribution in [2.75, 3.05) is 0 Å².